The van der Waals surface area contributed by atoms with Crippen LogP contribution in [0.4, 0.5) is 0 Å². The highest BCUT2D eigenvalue weighted by Gasteiger charge is 2.16. The Hall–Kier alpha value is -1.31. The summed E-state index contributed by atoms with van der Waals surface area (Å²) in [5.41, 5.74) is 2.53. The average molecular weight is 472 g/mol. The van der Waals surface area contributed by atoms with Crippen LogP contribution >= 0.6 is 24.0 Å². The molecule has 6 heteroatoms. The first-order valence-electron chi connectivity index (χ1n) is 9.43. The number of nitrogens with one attached hydrogen (secondary N) is 2. The molecule has 146 valence electrons. The maximum atomic E-state index is 12.2. The van der Waals surface area contributed by atoms with Crippen LogP contribution in [0.25, 0.3) is 0 Å². The normalized spacial score (nSPS) is 15.1. The molecule has 1 aromatic carbocycles. The summed E-state index contributed by atoms with van der Waals surface area (Å²) in [6, 6.07) is 8.69. The van der Waals surface area contributed by atoms with Gasteiger partial charge in [0.25, 0.3) is 0 Å². The van der Waals surface area contributed by atoms with Crippen molar-refractivity contribution in [3.8, 4) is 0 Å². The molecule has 1 aromatic rings. The third kappa shape index (κ3) is 7.51. The Morgan fingerprint density at radius 1 is 1.23 bits per heavy atom. The van der Waals surface area contributed by atoms with Crippen molar-refractivity contribution >= 4 is 35.8 Å². The first-order chi connectivity index (χ1) is 12.1. The molecule has 0 radical (unpaired) electrons. The van der Waals surface area contributed by atoms with Crippen molar-refractivity contribution in [1.82, 2.24) is 15.5 Å². The minimum atomic E-state index is 0. The number of hydrogen-bond donors (Lipinski definition) is 2. The Labute approximate surface area is 175 Å². The first kappa shape index (κ1) is 22.7. The minimum Gasteiger partial charge on any atom is -0.357 e. The molecule has 1 fully saturated rings. The van der Waals surface area contributed by atoms with E-state index in [4.69, 9.17) is 0 Å². The number of amides is 1. The zero-order chi connectivity index (χ0) is 18.1. The monoisotopic (exact) mass is 472 g/mol. The number of nitrogens with zero attached hydrogens (tertiary/aromatic N) is 2. The van der Waals surface area contributed by atoms with E-state index in [1.165, 1.54) is 30.4 Å². The van der Waals surface area contributed by atoms with Crippen molar-refractivity contribution in [2.24, 2.45) is 4.99 Å². The molecular weight excluding hydrogens is 439 g/mol. The number of benzene rings is 1. The fourth-order valence-electron chi connectivity index (χ4n) is 3.25. The molecule has 1 aliphatic carbocycles. The maximum absolute atomic E-state index is 12.2. The van der Waals surface area contributed by atoms with Crippen LogP contribution in [-0.2, 0) is 11.3 Å². The molecule has 0 aromatic heterocycles. The molecule has 0 unspecified atom stereocenters. The van der Waals surface area contributed by atoms with Crippen LogP contribution in [0.15, 0.2) is 29.3 Å². The molecule has 0 bridgehead atoms. The fraction of sp³-hybridized carbons (Fsp3) is 0.600. The van der Waals surface area contributed by atoms with Gasteiger partial charge in [0, 0.05) is 26.2 Å². The molecule has 26 heavy (non-hydrogen) atoms. The smallest absolute Gasteiger partial charge is 0.242 e. The number of guanidine groups is 1. The zero-order valence-corrected chi connectivity index (χ0v) is 18.6. The van der Waals surface area contributed by atoms with Gasteiger partial charge in [0.15, 0.2) is 5.96 Å². The van der Waals surface area contributed by atoms with Gasteiger partial charge in [-0.1, -0.05) is 43.5 Å². The third-order valence-electron chi connectivity index (χ3n) is 4.71. The number of aliphatic imine (C=N–C) groups is 1. The molecule has 0 atom stereocenters. The summed E-state index contributed by atoms with van der Waals surface area (Å²) >= 11 is 0. The summed E-state index contributed by atoms with van der Waals surface area (Å²) in [6.07, 6.45) is 5.93. The Morgan fingerprint density at radius 3 is 2.58 bits per heavy atom. The van der Waals surface area contributed by atoms with E-state index in [1.54, 1.807) is 0 Å². The molecule has 0 saturated heterocycles. The van der Waals surface area contributed by atoms with E-state index >= 15 is 0 Å². The first-order valence-corrected chi connectivity index (χ1v) is 9.43. The largest absolute Gasteiger partial charge is 0.357 e. The summed E-state index contributed by atoms with van der Waals surface area (Å²) in [6.45, 7) is 5.88. The number of carbonyl (C=O) groups is 1. The predicted octanol–water partition coefficient (Wildman–Crippen LogP) is 3.46. The SMILES string of the molecule is CCNC(=NCC(=O)NC1CCCCC1)N(C)Cc1ccccc1C.I. The van der Waals surface area contributed by atoms with Crippen LogP contribution in [-0.4, -0.2) is 42.9 Å². The predicted molar refractivity (Wildman–Crippen MR) is 119 cm³/mol. The summed E-state index contributed by atoms with van der Waals surface area (Å²) < 4.78 is 0. The summed E-state index contributed by atoms with van der Waals surface area (Å²) in [5, 5.41) is 6.40. The molecule has 1 amide bonds. The van der Waals surface area contributed by atoms with Gasteiger partial charge in [0.05, 0.1) is 0 Å². The van der Waals surface area contributed by atoms with Gasteiger partial charge in [-0.05, 0) is 37.8 Å². The van der Waals surface area contributed by atoms with Crippen LogP contribution in [0.2, 0.25) is 0 Å². The van der Waals surface area contributed by atoms with Crippen molar-refractivity contribution in [2.45, 2.75) is 58.5 Å². The van der Waals surface area contributed by atoms with Gasteiger partial charge < -0.3 is 15.5 Å². The Bertz CT molecular complexity index is 585. The second-order valence-electron chi connectivity index (χ2n) is 6.86. The van der Waals surface area contributed by atoms with Crippen LogP contribution in [0.5, 0.6) is 0 Å². The molecule has 0 aliphatic heterocycles. The van der Waals surface area contributed by atoms with E-state index in [-0.39, 0.29) is 36.4 Å². The molecule has 1 aliphatic rings. The lowest BCUT2D eigenvalue weighted by Gasteiger charge is -2.24. The molecule has 5 nitrogen and oxygen atoms in total. The quantitative estimate of drug-likeness (QED) is 0.379. The van der Waals surface area contributed by atoms with Crippen LogP contribution < -0.4 is 10.6 Å². The third-order valence-corrected chi connectivity index (χ3v) is 4.71. The van der Waals surface area contributed by atoms with Gasteiger partial charge in [-0.15, -0.1) is 24.0 Å². The highest BCUT2D eigenvalue weighted by Crippen LogP contribution is 2.17. The topological polar surface area (TPSA) is 56.7 Å². The summed E-state index contributed by atoms with van der Waals surface area (Å²) in [4.78, 5) is 18.8. The molecule has 2 N–H and O–H groups in total. The summed E-state index contributed by atoms with van der Waals surface area (Å²) in [7, 11) is 2.01. The maximum Gasteiger partial charge on any atom is 0.242 e. The van der Waals surface area contributed by atoms with Crippen molar-refractivity contribution in [2.75, 3.05) is 20.1 Å². The molecule has 0 spiro atoms. The van der Waals surface area contributed by atoms with E-state index in [0.29, 0.717) is 6.04 Å². The van der Waals surface area contributed by atoms with Gasteiger partial charge >= 0.3 is 0 Å². The van der Waals surface area contributed by atoms with Gasteiger partial charge in [-0.2, -0.15) is 0 Å². The van der Waals surface area contributed by atoms with Crippen molar-refractivity contribution in [1.29, 1.82) is 0 Å². The van der Waals surface area contributed by atoms with Gasteiger partial charge in [-0.3, -0.25) is 4.79 Å². The fourth-order valence-corrected chi connectivity index (χ4v) is 3.25. The lowest BCUT2D eigenvalue weighted by atomic mass is 9.95. The number of carbonyl (C=O) groups excluding carboxylic acids is 1. The van der Waals surface area contributed by atoms with Crippen LogP contribution in [0.1, 0.15) is 50.2 Å². The van der Waals surface area contributed by atoms with Crippen molar-refractivity contribution in [3.05, 3.63) is 35.4 Å². The van der Waals surface area contributed by atoms with Crippen LogP contribution in [0, 0.1) is 6.92 Å². The van der Waals surface area contributed by atoms with E-state index in [2.05, 4.69) is 45.6 Å². The molecular formula is C20H33IN4O. The van der Waals surface area contributed by atoms with Gasteiger partial charge in [-0.25, -0.2) is 4.99 Å². The lowest BCUT2D eigenvalue weighted by molar-refractivity contribution is -0.120. The standard InChI is InChI=1S/C20H32N4O.HI/c1-4-21-20(24(3)15-17-11-9-8-10-16(17)2)22-14-19(25)23-18-12-6-5-7-13-18;/h8-11,18H,4-7,12-15H2,1-3H3,(H,21,22)(H,23,25);1H. The molecule has 1 saturated carbocycles. The Kier molecular flexibility index (Phi) is 10.6. The second-order valence-corrected chi connectivity index (χ2v) is 6.86. The van der Waals surface area contributed by atoms with E-state index in [0.717, 1.165) is 31.9 Å². The van der Waals surface area contributed by atoms with Gasteiger partial charge in [0.2, 0.25) is 5.91 Å². The molecule has 0 heterocycles. The number of aryl methyl sites for hydroxylation is 1. The molecule has 2 rings (SSSR count). The Balaban J connectivity index is 0.00000338. The highest BCUT2D eigenvalue weighted by molar-refractivity contribution is 14.0. The van der Waals surface area contributed by atoms with E-state index in [1.807, 2.05) is 20.0 Å². The number of rotatable bonds is 6. The van der Waals surface area contributed by atoms with E-state index in [9.17, 15) is 4.79 Å². The van der Waals surface area contributed by atoms with Crippen molar-refractivity contribution in [3.63, 3.8) is 0 Å². The van der Waals surface area contributed by atoms with Gasteiger partial charge in [0.1, 0.15) is 6.54 Å². The number of hydrogen-bond acceptors (Lipinski definition) is 2. The minimum absolute atomic E-state index is 0. The zero-order valence-electron chi connectivity index (χ0n) is 16.3. The second kappa shape index (κ2) is 12.1. The highest BCUT2D eigenvalue weighted by atomic mass is 127. The Morgan fingerprint density at radius 2 is 1.92 bits per heavy atom. The van der Waals surface area contributed by atoms with Crippen molar-refractivity contribution < 1.29 is 4.79 Å². The average Bonchev–Trinajstić information content (AvgIpc) is 2.61. The summed E-state index contributed by atoms with van der Waals surface area (Å²) in [5.74, 6) is 0.788. The van der Waals surface area contributed by atoms with Crippen LogP contribution in [0.3, 0.4) is 0 Å². The lowest BCUT2D eigenvalue weighted by Crippen LogP contribution is -2.41. The number of halogens is 1. The van der Waals surface area contributed by atoms with E-state index < -0.39 is 0 Å².